The maximum Gasteiger partial charge on any atom is 0.161 e. The van der Waals surface area contributed by atoms with Crippen molar-refractivity contribution in [3.8, 4) is 17.1 Å². The Morgan fingerprint density at radius 3 is 2.48 bits per heavy atom. The molecule has 4 aromatic rings. The SMILES string of the molecule is Cc1cc(C)n(-c2cc(N)[nH]c3nn(C)c(-c4ccccc4)c3ccn2)n1. The van der Waals surface area contributed by atoms with Gasteiger partial charge in [0.2, 0.25) is 0 Å². The molecule has 0 amide bonds. The van der Waals surface area contributed by atoms with Crippen LogP contribution >= 0.6 is 0 Å². The van der Waals surface area contributed by atoms with Gasteiger partial charge < -0.3 is 10.7 Å². The Kier molecular flexibility index (Phi) is 4.12. The Balaban J connectivity index is 1.98. The first-order chi connectivity index (χ1) is 13.0. The molecule has 3 N–H and O–H groups in total. The van der Waals surface area contributed by atoms with Gasteiger partial charge in [-0.3, -0.25) is 4.68 Å². The second-order valence-electron chi connectivity index (χ2n) is 6.47. The lowest BCUT2D eigenvalue weighted by Crippen LogP contribution is -2.01. The summed E-state index contributed by atoms with van der Waals surface area (Å²) < 4.78 is 3.62. The van der Waals surface area contributed by atoms with E-state index in [0.717, 1.165) is 28.0 Å². The van der Waals surface area contributed by atoms with Gasteiger partial charge in [-0.25, -0.2) is 9.67 Å². The quantitative estimate of drug-likeness (QED) is 0.573. The van der Waals surface area contributed by atoms with Gasteiger partial charge in [-0.15, -0.1) is 0 Å². The molecule has 0 atom stereocenters. The number of nitrogen functional groups attached to an aromatic ring is 1. The van der Waals surface area contributed by atoms with Gasteiger partial charge in [-0.05, 0) is 26.0 Å². The van der Waals surface area contributed by atoms with Crippen molar-refractivity contribution in [2.45, 2.75) is 13.8 Å². The number of rotatable bonds is 2. The van der Waals surface area contributed by atoms with Crippen LogP contribution in [0.4, 0.5) is 5.82 Å². The Morgan fingerprint density at radius 1 is 1.00 bits per heavy atom. The number of fused-ring (bicyclic) bond motifs is 1. The second kappa shape index (κ2) is 6.60. The second-order valence-corrected chi connectivity index (χ2v) is 6.47. The number of hydrogen-bond acceptors (Lipinski definition) is 4. The number of nitrogens with one attached hydrogen (secondary N) is 1. The fraction of sp³-hybridized carbons (Fsp3) is 0.150. The summed E-state index contributed by atoms with van der Waals surface area (Å²) in [6.45, 7) is 3.94. The number of nitrogens with two attached hydrogens (primary N) is 1. The van der Waals surface area contributed by atoms with E-state index in [-0.39, 0.29) is 0 Å². The monoisotopic (exact) mass is 359 g/mol. The number of aromatic amines is 1. The standard InChI is InChI=1S/C20H21N7/c1-13-11-14(2)27(24-13)18-12-17(21)23-20-16(9-10-22-18)19(26(3)25-20)15-7-5-4-6-8-15/h4-12H,21H2,1-3H3,(H,23,25). The lowest BCUT2D eigenvalue weighted by atomic mass is 10.1. The van der Waals surface area contributed by atoms with E-state index in [2.05, 4.69) is 32.3 Å². The molecule has 0 unspecified atom stereocenters. The van der Waals surface area contributed by atoms with Gasteiger partial charge in [0.15, 0.2) is 11.5 Å². The van der Waals surface area contributed by atoms with Crippen molar-refractivity contribution in [3.05, 3.63) is 66.1 Å². The Bertz CT molecular complexity index is 1160. The molecule has 0 spiro atoms. The molecule has 0 fully saturated rings. The van der Waals surface area contributed by atoms with E-state index < -0.39 is 0 Å². The molecule has 1 aromatic carbocycles. The summed E-state index contributed by atoms with van der Waals surface area (Å²) in [6.07, 6.45) is 1.76. The highest BCUT2D eigenvalue weighted by Gasteiger charge is 2.11. The summed E-state index contributed by atoms with van der Waals surface area (Å²) in [5.74, 6) is 1.08. The molecule has 136 valence electrons. The van der Waals surface area contributed by atoms with Crippen LogP contribution < -0.4 is 5.73 Å². The summed E-state index contributed by atoms with van der Waals surface area (Å²) in [5, 5.41) is 10.0. The largest absolute Gasteiger partial charge is 0.385 e. The number of nitrogens with zero attached hydrogens (tertiary/aromatic N) is 5. The van der Waals surface area contributed by atoms with Gasteiger partial charge in [0, 0.05) is 36.0 Å². The van der Waals surface area contributed by atoms with Crippen molar-refractivity contribution in [2.24, 2.45) is 7.05 Å². The van der Waals surface area contributed by atoms with Crippen molar-refractivity contribution in [2.75, 3.05) is 5.73 Å². The van der Waals surface area contributed by atoms with Crippen molar-refractivity contribution in [1.82, 2.24) is 29.5 Å². The van der Waals surface area contributed by atoms with E-state index >= 15 is 0 Å². The maximum atomic E-state index is 6.22. The molecule has 0 saturated heterocycles. The fourth-order valence-electron chi connectivity index (χ4n) is 3.24. The molecular formula is C20H21N7. The number of aromatic nitrogens is 6. The first-order valence-corrected chi connectivity index (χ1v) is 8.67. The maximum absolute atomic E-state index is 6.22. The van der Waals surface area contributed by atoms with E-state index in [4.69, 9.17) is 5.73 Å². The van der Waals surface area contributed by atoms with E-state index in [1.807, 2.05) is 55.9 Å². The predicted octanol–water partition coefficient (Wildman–Crippen LogP) is 3.47. The van der Waals surface area contributed by atoms with Crippen molar-refractivity contribution in [3.63, 3.8) is 0 Å². The molecule has 27 heavy (non-hydrogen) atoms. The number of hydrogen-bond donors (Lipinski definition) is 2. The zero-order valence-electron chi connectivity index (χ0n) is 15.5. The fourth-order valence-corrected chi connectivity index (χ4v) is 3.24. The van der Waals surface area contributed by atoms with Crippen LogP contribution in [-0.4, -0.2) is 29.5 Å². The van der Waals surface area contributed by atoms with Gasteiger partial charge in [-0.2, -0.15) is 10.2 Å². The summed E-state index contributed by atoms with van der Waals surface area (Å²) >= 11 is 0. The van der Waals surface area contributed by atoms with Gasteiger partial charge >= 0.3 is 0 Å². The summed E-state index contributed by atoms with van der Waals surface area (Å²) in [6, 6.07) is 15.8. The van der Waals surface area contributed by atoms with Crippen LogP contribution in [0.2, 0.25) is 0 Å². The minimum Gasteiger partial charge on any atom is -0.385 e. The smallest absolute Gasteiger partial charge is 0.161 e. The molecule has 4 rings (SSSR count). The third kappa shape index (κ3) is 3.15. The van der Waals surface area contributed by atoms with Crippen LogP contribution in [0.25, 0.3) is 28.1 Å². The molecule has 7 heteroatoms. The van der Waals surface area contributed by atoms with E-state index in [1.165, 1.54) is 0 Å². The van der Waals surface area contributed by atoms with Crippen molar-refractivity contribution >= 4 is 16.9 Å². The molecule has 0 radical (unpaired) electrons. The molecule has 0 bridgehead atoms. The topological polar surface area (TPSA) is 90.3 Å². The number of benzene rings is 1. The lowest BCUT2D eigenvalue weighted by molar-refractivity contribution is 0.784. The van der Waals surface area contributed by atoms with E-state index in [0.29, 0.717) is 17.3 Å². The first-order valence-electron chi connectivity index (χ1n) is 8.67. The van der Waals surface area contributed by atoms with Gasteiger partial charge in [0.05, 0.1) is 11.4 Å². The molecule has 0 aliphatic heterocycles. The molecule has 0 saturated carbocycles. The van der Waals surface area contributed by atoms with E-state index in [1.54, 1.807) is 16.9 Å². The first kappa shape index (κ1) is 16.8. The van der Waals surface area contributed by atoms with Crippen LogP contribution in [0.15, 0.2) is 54.7 Å². The number of anilines is 1. The summed E-state index contributed by atoms with van der Waals surface area (Å²) in [4.78, 5) is 7.78. The number of H-pyrrole nitrogens is 1. The third-order valence-electron chi connectivity index (χ3n) is 4.35. The molecule has 0 aliphatic carbocycles. The van der Waals surface area contributed by atoms with Crippen LogP contribution in [0.3, 0.4) is 0 Å². The minimum atomic E-state index is 0.448. The van der Waals surface area contributed by atoms with Crippen LogP contribution in [-0.2, 0) is 7.05 Å². The third-order valence-corrected chi connectivity index (χ3v) is 4.35. The molecule has 0 aliphatic rings. The molecule has 3 heterocycles. The highest BCUT2D eigenvalue weighted by atomic mass is 15.3. The minimum absolute atomic E-state index is 0.448. The number of aryl methyl sites for hydroxylation is 3. The van der Waals surface area contributed by atoms with Crippen LogP contribution in [0.5, 0.6) is 0 Å². The zero-order valence-corrected chi connectivity index (χ0v) is 15.5. The normalized spacial score (nSPS) is 10.9. The highest BCUT2D eigenvalue weighted by Crippen LogP contribution is 2.26. The highest BCUT2D eigenvalue weighted by molar-refractivity contribution is 5.90. The Labute approximate surface area is 156 Å². The Morgan fingerprint density at radius 2 is 1.78 bits per heavy atom. The summed E-state index contributed by atoms with van der Waals surface area (Å²) in [5.41, 5.74) is 10.9. The van der Waals surface area contributed by atoms with E-state index in [9.17, 15) is 0 Å². The summed E-state index contributed by atoms with van der Waals surface area (Å²) in [7, 11) is 1.92. The molecule has 7 nitrogen and oxygen atoms in total. The van der Waals surface area contributed by atoms with Gasteiger partial charge in [0.25, 0.3) is 0 Å². The molecule has 3 aromatic heterocycles. The lowest BCUT2D eigenvalue weighted by Gasteiger charge is -2.01. The average molecular weight is 359 g/mol. The van der Waals surface area contributed by atoms with Crippen molar-refractivity contribution < 1.29 is 0 Å². The van der Waals surface area contributed by atoms with Crippen molar-refractivity contribution in [1.29, 1.82) is 0 Å². The van der Waals surface area contributed by atoms with Crippen LogP contribution in [0, 0.1) is 13.8 Å². The van der Waals surface area contributed by atoms with Crippen LogP contribution in [0.1, 0.15) is 11.4 Å². The predicted molar refractivity (Wildman–Crippen MR) is 107 cm³/mol. The zero-order chi connectivity index (χ0) is 19.0. The Hall–Kier alpha value is -3.61. The average Bonchev–Trinajstić information content (AvgIpc) is 3.14. The molecular weight excluding hydrogens is 338 g/mol. The van der Waals surface area contributed by atoms with Gasteiger partial charge in [-0.1, -0.05) is 30.3 Å². The van der Waals surface area contributed by atoms with Gasteiger partial charge in [0.1, 0.15) is 5.82 Å².